The van der Waals surface area contributed by atoms with E-state index in [2.05, 4.69) is 5.32 Å². The molecule has 0 radical (unpaired) electrons. The summed E-state index contributed by atoms with van der Waals surface area (Å²) in [6, 6.07) is 0.394. The van der Waals surface area contributed by atoms with Gasteiger partial charge in [-0.3, -0.25) is 4.90 Å². The van der Waals surface area contributed by atoms with Crippen molar-refractivity contribution in [2.45, 2.75) is 18.6 Å². The molecule has 0 saturated carbocycles. The summed E-state index contributed by atoms with van der Waals surface area (Å²) in [4.78, 5) is 1.19. The van der Waals surface area contributed by atoms with Crippen LogP contribution in [0.4, 0.5) is 26.3 Å². The Hall–Kier alpha value is -1.28. The Morgan fingerprint density at radius 3 is 2.24 bits per heavy atom. The van der Waals surface area contributed by atoms with Crippen LogP contribution in [0.5, 0.6) is 0 Å². The normalized spacial score (nSPS) is 19.0. The standard InChI is InChI=1S/C13H14F6N2/c14-9-3-1-2-8(13(17,18)19)10(9)11(12(15)16)21-6-4-20-5-7-21/h1-3,11-12,20H,4-7H2/t11-/m1/s1. The van der Waals surface area contributed by atoms with Gasteiger partial charge in [-0.05, 0) is 12.1 Å². The van der Waals surface area contributed by atoms with Gasteiger partial charge in [-0.1, -0.05) is 6.07 Å². The summed E-state index contributed by atoms with van der Waals surface area (Å²) in [6.45, 7) is 1.03. The number of benzene rings is 1. The van der Waals surface area contributed by atoms with E-state index in [0.717, 1.165) is 12.1 Å². The van der Waals surface area contributed by atoms with Crippen molar-refractivity contribution >= 4 is 0 Å². The van der Waals surface area contributed by atoms with Crippen LogP contribution in [0.1, 0.15) is 17.2 Å². The van der Waals surface area contributed by atoms with Gasteiger partial charge in [-0.15, -0.1) is 0 Å². The molecule has 1 aliphatic heterocycles. The van der Waals surface area contributed by atoms with E-state index in [1.54, 1.807) is 0 Å². The largest absolute Gasteiger partial charge is 0.416 e. The molecule has 2 rings (SSSR count). The lowest BCUT2D eigenvalue weighted by molar-refractivity contribution is -0.139. The van der Waals surface area contributed by atoms with Gasteiger partial charge in [0, 0.05) is 31.7 Å². The second kappa shape index (κ2) is 6.23. The summed E-state index contributed by atoms with van der Waals surface area (Å²) in [6.07, 6.45) is -7.99. The van der Waals surface area contributed by atoms with Gasteiger partial charge in [0.15, 0.2) is 0 Å². The molecule has 0 aromatic heterocycles. The summed E-state index contributed by atoms with van der Waals surface area (Å²) in [5, 5.41) is 2.92. The minimum Gasteiger partial charge on any atom is -0.314 e. The monoisotopic (exact) mass is 312 g/mol. The molecule has 1 aromatic carbocycles. The summed E-state index contributed by atoms with van der Waals surface area (Å²) < 4.78 is 79.4. The van der Waals surface area contributed by atoms with E-state index in [9.17, 15) is 26.3 Å². The fourth-order valence-electron chi connectivity index (χ4n) is 2.51. The number of hydrogen-bond acceptors (Lipinski definition) is 2. The van der Waals surface area contributed by atoms with Gasteiger partial charge in [0.1, 0.15) is 5.82 Å². The molecule has 1 atom stereocenters. The highest BCUT2D eigenvalue weighted by Gasteiger charge is 2.41. The highest BCUT2D eigenvalue weighted by molar-refractivity contribution is 5.34. The summed E-state index contributed by atoms with van der Waals surface area (Å²) in [7, 11) is 0. The molecule has 2 nitrogen and oxygen atoms in total. The fourth-order valence-corrected chi connectivity index (χ4v) is 2.51. The van der Waals surface area contributed by atoms with Crippen LogP contribution in [0.2, 0.25) is 0 Å². The zero-order chi connectivity index (χ0) is 15.6. The maximum atomic E-state index is 13.9. The average molecular weight is 312 g/mol. The van der Waals surface area contributed by atoms with E-state index >= 15 is 0 Å². The van der Waals surface area contributed by atoms with Crippen LogP contribution >= 0.6 is 0 Å². The second-order valence-electron chi connectivity index (χ2n) is 4.76. The number of hydrogen-bond donors (Lipinski definition) is 1. The molecule has 0 unspecified atom stereocenters. The molecule has 1 heterocycles. The second-order valence-corrected chi connectivity index (χ2v) is 4.76. The zero-order valence-electron chi connectivity index (χ0n) is 10.9. The molecular formula is C13H14F6N2. The summed E-state index contributed by atoms with van der Waals surface area (Å²) in [5.74, 6) is -1.26. The smallest absolute Gasteiger partial charge is 0.314 e. The maximum Gasteiger partial charge on any atom is 0.416 e. The van der Waals surface area contributed by atoms with Crippen LogP contribution < -0.4 is 5.32 Å². The predicted molar refractivity (Wildman–Crippen MR) is 64.6 cm³/mol. The van der Waals surface area contributed by atoms with Crippen molar-refractivity contribution in [3.8, 4) is 0 Å². The SMILES string of the molecule is Fc1cccc(C(F)(F)F)c1[C@H](C(F)F)N1CCNCC1. The molecule has 8 heteroatoms. The number of alkyl halides is 5. The molecule has 118 valence electrons. The van der Waals surface area contributed by atoms with Crippen LogP contribution in [-0.2, 0) is 6.18 Å². The predicted octanol–water partition coefficient (Wildman–Crippen LogP) is 3.06. The highest BCUT2D eigenvalue weighted by atomic mass is 19.4. The zero-order valence-corrected chi connectivity index (χ0v) is 10.9. The Kier molecular flexibility index (Phi) is 4.77. The Balaban J connectivity index is 2.49. The molecule has 1 saturated heterocycles. The number of halogens is 6. The third kappa shape index (κ3) is 3.49. The van der Waals surface area contributed by atoms with Gasteiger partial charge in [-0.25, -0.2) is 13.2 Å². The van der Waals surface area contributed by atoms with Crippen molar-refractivity contribution in [3.63, 3.8) is 0 Å². The van der Waals surface area contributed by atoms with Crippen molar-refractivity contribution in [2.75, 3.05) is 26.2 Å². The molecule has 21 heavy (non-hydrogen) atoms. The van der Waals surface area contributed by atoms with E-state index in [1.165, 1.54) is 4.90 Å². The van der Waals surface area contributed by atoms with Gasteiger partial charge >= 0.3 is 6.18 Å². The molecule has 1 aliphatic rings. The highest BCUT2D eigenvalue weighted by Crippen LogP contribution is 2.39. The van der Waals surface area contributed by atoms with E-state index in [1.807, 2.05) is 0 Å². The lowest BCUT2D eigenvalue weighted by Crippen LogP contribution is -2.47. The van der Waals surface area contributed by atoms with Gasteiger partial charge in [0.25, 0.3) is 6.43 Å². The van der Waals surface area contributed by atoms with Crippen LogP contribution in [0.25, 0.3) is 0 Å². The summed E-state index contributed by atoms with van der Waals surface area (Å²) in [5.41, 5.74) is -2.31. The Morgan fingerprint density at radius 2 is 1.71 bits per heavy atom. The van der Waals surface area contributed by atoms with E-state index in [-0.39, 0.29) is 13.1 Å². The minimum atomic E-state index is -4.88. The van der Waals surface area contributed by atoms with Crippen molar-refractivity contribution in [1.82, 2.24) is 10.2 Å². The van der Waals surface area contributed by atoms with Crippen LogP contribution in [0, 0.1) is 5.82 Å². The molecule has 0 bridgehead atoms. The third-order valence-electron chi connectivity index (χ3n) is 3.44. The molecule has 1 aromatic rings. The number of rotatable bonds is 3. The van der Waals surface area contributed by atoms with Gasteiger partial charge in [0.05, 0.1) is 11.6 Å². The van der Waals surface area contributed by atoms with E-state index in [4.69, 9.17) is 0 Å². The molecule has 0 amide bonds. The number of piperazine rings is 1. The first-order valence-corrected chi connectivity index (χ1v) is 6.41. The van der Waals surface area contributed by atoms with Gasteiger partial charge in [-0.2, -0.15) is 13.2 Å². The fraction of sp³-hybridized carbons (Fsp3) is 0.538. The molecule has 1 N–H and O–H groups in total. The van der Waals surface area contributed by atoms with Crippen molar-refractivity contribution in [2.24, 2.45) is 0 Å². The average Bonchev–Trinajstić information content (AvgIpc) is 2.40. The van der Waals surface area contributed by atoms with E-state index < -0.39 is 35.6 Å². The number of nitrogens with one attached hydrogen (secondary N) is 1. The molecule has 0 spiro atoms. The molecular weight excluding hydrogens is 298 g/mol. The Bertz CT molecular complexity index is 482. The Labute approximate surface area is 117 Å². The third-order valence-corrected chi connectivity index (χ3v) is 3.44. The van der Waals surface area contributed by atoms with Crippen molar-refractivity contribution in [1.29, 1.82) is 0 Å². The van der Waals surface area contributed by atoms with Crippen molar-refractivity contribution < 1.29 is 26.3 Å². The first-order valence-electron chi connectivity index (χ1n) is 6.41. The minimum absolute atomic E-state index is 0.140. The first-order chi connectivity index (χ1) is 9.82. The topological polar surface area (TPSA) is 15.3 Å². The summed E-state index contributed by atoms with van der Waals surface area (Å²) >= 11 is 0. The van der Waals surface area contributed by atoms with Crippen LogP contribution in [0.3, 0.4) is 0 Å². The molecule has 1 fully saturated rings. The van der Waals surface area contributed by atoms with Gasteiger partial charge in [0.2, 0.25) is 0 Å². The van der Waals surface area contributed by atoms with Crippen molar-refractivity contribution in [3.05, 3.63) is 35.1 Å². The first kappa shape index (κ1) is 16.1. The van der Waals surface area contributed by atoms with E-state index in [0.29, 0.717) is 19.2 Å². The maximum absolute atomic E-state index is 13.9. The van der Waals surface area contributed by atoms with Gasteiger partial charge < -0.3 is 5.32 Å². The van der Waals surface area contributed by atoms with Crippen LogP contribution in [-0.4, -0.2) is 37.5 Å². The lowest BCUT2D eigenvalue weighted by atomic mass is 9.97. The number of nitrogens with zero attached hydrogens (tertiary/aromatic N) is 1. The van der Waals surface area contributed by atoms with Crippen LogP contribution in [0.15, 0.2) is 18.2 Å². The Morgan fingerprint density at radius 1 is 1.10 bits per heavy atom. The lowest BCUT2D eigenvalue weighted by Gasteiger charge is -2.35. The quantitative estimate of drug-likeness (QED) is 0.863. The molecule has 0 aliphatic carbocycles.